The molecule has 0 unspecified atom stereocenters. The van der Waals surface area contributed by atoms with Crippen LogP contribution in [0.3, 0.4) is 0 Å². The summed E-state index contributed by atoms with van der Waals surface area (Å²) in [7, 11) is 0. The Morgan fingerprint density at radius 3 is 2.44 bits per heavy atom. The van der Waals surface area contributed by atoms with Crippen molar-refractivity contribution < 1.29 is 4.39 Å². The number of anilines is 3. The molecule has 0 aliphatic rings. The number of aromatic nitrogens is 3. The van der Waals surface area contributed by atoms with E-state index in [0.717, 1.165) is 0 Å². The van der Waals surface area contributed by atoms with Crippen molar-refractivity contribution in [2.24, 2.45) is 0 Å². The minimum absolute atomic E-state index is 0.0885. The molecule has 0 amide bonds. The molecule has 94 valence electrons. The van der Waals surface area contributed by atoms with E-state index in [9.17, 15) is 4.39 Å². The van der Waals surface area contributed by atoms with E-state index in [-0.39, 0.29) is 11.1 Å². The molecule has 7 heteroatoms. The van der Waals surface area contributed by atoms with Gasteiger partial charge in [0.25, 0.3) is 0 Å². The maximum atomic E-state index is 12.8. The van der Waals surface area contributed by atoms with Gasteiger partial charge in [-0.1, -0.05) is 0 Å². The molecule has 0 atom stereocenters. The summed E-state index contributed by atoms with van der Waals surface area (Å²) in [6, 6.07) is 5.85. The normalized spacial score (nSPS) is 10.2. The zero-order valence-electron chi connectivity index (χ0n) is 9.61. The second-order valence-corrected chi connectivity index (χ2v) is 3.75. The van der Waals surface area contributed by atoms with Crippen LogP contribution in [0.15, 0.2) is 24.3 Å². The molecule has 0 saturated carbocycles. The number of nitrogens with one attached hydrogen (secondary N) is 2. The van der Waals surface area contributed by atoms with Gasteiger partial charge in [-0.2, -0.15) is 15.0 Å². The van der Waals surface area contributed by atoms with Crippen molar-refractivity contribution in [2.45, 2.75) is 6.92 Å². The van der Waals surface area contributed by atoms with E-state index in [1.165, 1.54) is 12.1 Å². The molecule has 0 radical (unpaired) electrons. The van der Waals surface area contributed by atoms with Gasteiger partial charge >= 0.3 is 0 Å². The van der Waals surface area contributed by atoms with E-state index in [0.29, 0.717) is 24.1 Å². The van der Waals surface area contributed by atoms with Gasteiger partial charge in [0.2, 0.25) is 17.2 Å². The van der Waals surface area contributed by atoms with Crippen molar-refractivity contribution in [3.63, 3.8) is 0 Å². The van der Waals surface area contributed by atoms with Crippen LogP contribution in [-0.2, 0) is 0 Å². The zero-order chi connectivity index (χ0) is 13.0. The number of hydrogen-bond donors (Lipinski definition) is 2. The summed E-state index contributed by atoms with van der Waals surface area (Å²) in [4.78, 5) is 12.0. The van der Waals surface area contributed by atoms with Gasteiger partial charge in [0.05, 0.1) is 0 Å². The molecule has 0 aliphatic carbocycles. The maximum Gasteiger partial charge on any atom is 0.233 e. The highest BCUT2D eigenvalue weighted by atomic mass is 35.5. The molecule has 2 N–H and O–H groups in total. The number of nitrogens with zero attached hydrogens (tertiary/aromatic N) is 3. The minimum Gasteiger partial charge on any atom is -0.354 e. The molecule has 1 aromatic heterocycles. The van der Waals surface area contributed by atoms with Gasteiger partial charge in [-0.05, 0) is 42.8 Å². The van der Waals surface area contributed by atoms with Gasteiger partial charge in [-0.15, -0.1) is 0 Å². The average Bonchev–Trinajstić information content (AvgIpc) is 2.32. The third kappa shape index (κ3) is 3.27. The van der Waals surface area contributed by atoms with Crippen LogP contribution in [0.4, 0.5) is 22.0 Å². The van der Waals surface area contributed by atoms with E-state index in [2.05, 4.69) is 25.6 Å². The molecule has 2 rings (SSSR count). The largest absolute Gasteiger partial charge is 0.354 e. The van der Waals surface area contributed by atoms with Gasteiger partial charge in [0, 0.05) is 12.2 Å². The molecule has 0 fully saturated rings. The van der Waals surface area contributed by atoms with Gasteiger partial charge in [-0.25, -0.2) is 4.39 Å². The standard InChI is InChI=1S/C11H11ClFN5/c1-2-14-10-16-9(12)17-11(18-10)15-8-5-3-7(13)4-6-8/h3-6H,2H2,1H3,(H2,14,15,16,17,18). The summed E-state index contributed by atoms with van der Waals surface area (Å²) in [6.07, 6.45) is 0. The van der Waals surface area contributed by atoms with Gasteiger partial charge < -0.3 is 10.6 Å². The zero-order valence-corrected chi connectivity index (χ0v) is 10.4. The van der Waals surface area contributed by atoms with Crippen LogP contribution in [0.2, 0.25) is 5.28 Å². The Hall–Kier alpha value is -1.95. The topological polar surface area (TPSA) is 62.7 Å². The molecular weight excluding hydrogens is 257 g/mol. The number of hydrogen-bond acceptors (Lipinski definition) is 5. The highest BCUT2D eigenvalue weighted by Crippen LogP contribution is 2.16. The first-order chi connectivity index (χ1) is 8.67. The summed E-state index contributed by atoms with van der Waals surface area (Å²) in [5.41, 5.74) is 0.668. The second kappa shape index (κ2) is 5.59. The van der Waals surface area contributed by atoms with E-state index >= 15 is 0 Å². The Morgan fingerprint density at radius 2 is 1.78 bits per heavy atom. The lowest BCUT2D eigenvalue weighted by Crippen LogP contribution is -2.06. The van der Waals surface area contributed by atoms with Crippen LogP contribution >= 0.6 is 11.6 Å². The molecule has 0 saturated heterocycles. The molecule has 0 spiro atoms. The molecule has 2 aromatic rings. The summed E-state index contributed by atoms with van der Waals surface area (Å²) in [6.45, 7) is 2.60. The average molecular weight is 268 g/mol. The number of rotatable bonds is 4. The highest BCUT2D eigenvalue weighted by molar-refractivity contribution is 6.28. The second-order valence-electron chi connectivity index (χ2n) is 3.41. The van der Waals surface area contributed by atoms with Gasteiger partial charge in [0.1, 0.15) is 5.82 Å². The summed E-state index contributed by atoms with van der Waals surface area (Å²) in [5.74, 6) is 0.391. The smallest absolute Gasteiger partial charge is 0.233 e. The van der Waals surface area contributed by atoms with Crippen LogP contribution in [0.5, 0.6) is 0 Å². The quantitative estimate of drug-likeness (QED) is 0.892. The molecular formula is C11H11ClFN5. The van der Waals surface area contributed by atoms with Crippen molar-refractivity contribution in [1.29, 1.82) is 0 Å². The Kier molecular flexibility index (Phi) is 3.88. The number of halogens is 2. The predicted octanol–water partition coefficient (Wildman–Crippen LogP) is 2.84. The Morgan fingerprint density at radius 1 is 1.11 bits per heavy atom. The minimum atomic E-state index is -0.303. The lowest BCUT2D eigenvalue weighted by Gasteiger charge is -2.07. The molecule has 18 heavy (non-hydrogen) atoms. The molecule has 0 bridgehead atoms. The van der Waals surface area contributed by atoms with Crippen LogP contribution in [0.25, 0.3) is 0 Å². The molecule has 0 aliphatic heterocycles. The lowest BCUT2D eigenvalue weighted by molar-refractivity contribution is 0.628. The van der Waals surface area contributed by atoms with Gasteiger partial charge in [-0.3, -0.25) is 0 Å². The van der Waals surface area contributed by atoms with Crippen molar-refractivity contribution in [3.8, 4) is 0 Å². The van der Waals surface area contributed by atoms with E-state index < -0.39 is 0 Å². The van der Waals surface area contributed by atoms with Gasteiger partial charge in [0.15, 0.2) is 0 Å². The SMILES string of the molecule is CCNc1nc(Cl)nc(Nc2ccc(F)cc2)n1. The van der Waals surface area contributed by atoms with Crippen molar-refractivity contribution in [1.82, 2.24) is 15.0 Å². The summed E-state index contributed by atoms with van der Waals surface area (Å²) < 4.78 is 12.8. The van der Waals surface area contributed by atoms with Crippen molar-refractivity contribution in [2.75, 3.05) is 17.2 Å². The first kappa shape index (κ1) is 12.5. The fourth-order valence-electron chi connectivity index (χ4n) is 1.31. The van der Waals surface area contributed by atoms with E-state index in [1.807, 2.05) is 6.92 Å². The molecule has 1 aromatic carbocycles. The van der Waals surface area contributed by atoms with E-state index in [4.69, 9.17) is 11.6 Å². The lowest BCUT2D eigenvalue weighted by atomic mass is 10.3. The van der Waals surface area contributed by atoms with E-state index in [1.54, 1.807) is 12.1 Å². The van der Waals surface area contributed by atoms with Crippen LogP contribution in [0.1, 0.15) is 6.92 Å². The first-order valence-corrected chi connectivity index (χ1v) is 5.73. The van der Waals surface area contributed by atoms with Crippen molar-refractivity contribution >= 4 is 29.2 Å². The first-order valence-electron chi connectivity index (χ1n) is 5.35. The Labute approximate surface area is 108 Å². The maximum absolute atomic E-state index is 12.8. The summed E-state index contributed by atoms with van der Waals surface area (Å²) in [5, 5.41) is 5.94. The van der Waals surface area contributed by atoms with Crippen LogP contribution in [-0.4, -0.2) is 21.5 Å². The highest BCUT2D eigenvalue weighted by Gasteiger charge is 2.04. The third-order valence-electron chi connectivity index (χ3n) is 2.04. The molecule has 1 heterocycles. The predicted molar refractivity (Wildman–Crippen MR) is 68.7 cm³/mol. The fraction of sp³-hybridized carbons (Fsp3) is 0.182. The fourth-order valence-corrected chi connectivity index (χ4v) is 1.47. The Balaban J connectivity index is 2.20. The van der Waals surface area contributed by atoms with Crippen LogP contribution in [0, 0.1) is 5.82 Å². The third-order valence-corrected chi connectivity index (χ3v) is 2.21. The Bertz CT molecular complexity index is 531. The van der Waals surface area contributed by atoms with Crippen molar-refractivity contribution in [3.05, 3.63) is 35.4 Å². The molecule has 5 nitrogen and oxygen atoms in total. The summed E-state index contributed by atoms with van der Waals surface area (Å²) >= 11 is 5.77. The monoisotopic (exact) mass is 267 g/mol. The van der Waals surface area contributed by atoms with Crippen LogP contribution < -0.4 is 10.6 Å². The number of benzene rings is 1.